The topological polar surface area (TPSA) is 43.8 Å². The van der Waals surface area contributed by atoms with E-state index in [4.69, 9.17) is 5.73 Å². The summed E-state index contributed by atoms with van der Waals surface area (Å²) < 4.78 is 2.07. The van der Waals surface area contributed by atoms with E-state index >= 15 is 0 Å². The molecule has 3 rings (SSSR count). The van der Waals surface area contributed by atoms with Crippen molar-refractivity contribution < 1.29 is 0 Å². The van der Waals surface area contributed by atoms with Gasteiger partial charge < -0.3 is 5.73 Å². The van der Waals surface area contributed by atoms with Gasteiger partial charge in [-0.25, -0.2) is 4.68 Å². The number of nitrogens with zero attached hydrogens (tertiary/aromatic N) is 2. The SMILES string of the molecule is CC1CCc2nn(C3CC3)c(N)c2C1. The van der Waals surface area contributed by atoms with Gasteiger partial charge in [0.2, 0.25) is 0 Å². The molecule has 3 heteroatoms. The zero-order valence-corrected chi connectivity index (χ0v) is 8.66. The molecule has 1 fully saturated rings. The van der Waals surface area contributed by atoms with Gasteiger partial charge in [0.25, 0.3) is 0 Å². The highest BCUT2D eigenvalue weighted by molar-refractivity contribution is 5.45. The highest BCUT2D eigenvalue weighted by atomic mass is 15.3. The molecule has 0 saturated heterocycles. The standard InChI is InChI=1S/C11H17N3/c1-7-2-5-10-9(6-7)11(12)14(13-10)8-3-4-8/h7-8H,2-6,12H2,1H3. The van der Waals surface area contributed by atoms with Crippen molar-refractivity contribution in [2.45, 2.75) is 45.1 Å². The molecular formula is C11H17N3. The fourth-order valence-electron chi connectivity index (χ4n) is 2.38. The van der Waals surface area contributed by atoms with Gasteiger partial charge in [0.15, 0.2) is 0 Å². The summed E-state index contributed by atoms with van der Waals surface area (Å²) in [4.78, 5) is 0. The molecule has 1 atom stereocenters. The first-order chi connectivity index (χ1) is 6.75. The molecule has 0 radical (unpaired) electrons. The van der Waals surface area contributed by atoms with E-state index in [-0.39, 0.29) is 0 Å². The molecule has 0 spiro atoms. The Morgan fingerprint density at radius 2 is 2.14 bits per heavy atom. The van der Waals surface area contributed by atoms with Gasteiger partial charge in [-0.3, -0.25) is 0 Å². The lowest BCUT2D eigenvalue weighted by atomic mass is 9.89. The average molecular weight is 191 g/mol. The van der Waals surface area contributed by atoms with Crippen molar-refractivity contribution in [3.63, 3.8) is 0 Å². The van der Waals surface area contributed by atoms with Crippen molar-refractivity contribution >= 4 is 5.82 Å². The van der Waals surface area contributed by atoms with Gasteiger partial charge in [-0.2, -0.15) is 5.10 Å². The smallest absolute Gasteiger partial charge is 0.125 e. The average Bonchev–Trinajstić information content (AvgIpc) is 2.95. The van der Waals surface area contributed by atoms with E-state index < -0.39 is 0 Å². The van der Waals surface area contributed by atoms with Gasteiger partial charge in [0.05, 0.1) is 11.7 Å². The van der Waals surface area contributed by atoms with Crippen molar-refractivity contribution in [1.29, 1.82) is 0 Å². The van der Waals surface area contributed by atoms with Gasteiger partial charge in [0, 0.05) is 5.56 Å². The second-order valence-electron chi connectivity index (χ2n) is 4.83. The van der Waals surface area contributed by atoms with Gasteiger partial charge >= 0.3 is 0 Å². The number of hydrogen-bond donors (Lipinski definition) is 1. The van der Waals surface area contributed by atoms with Crippen LogP contribution in [-0.4, -0.2) is 9.78 Å². The number of hydrogen-bond acceptors (Lipinski definition) is 2. The van der Waals surface area contributed by atoms with E-state index in [1.54, 1.807) is 0 Å². The minimum absolute atomic E-state index is 0.621. The van der Waals surface area contributed by atoms with Crippen LogP contribution < -0.4 is 5.73 Å². The molecule has 1 saturated carbocycles. The molecule has 1 aromatic rings. The second-order valence-corrected chi connectivity index (χ2v) is 4.83. The maximum absolute atomic E-state index is 6.13. The number of fused-ring (bicyclic) bond motifs is 1. The van der Waals surface area contributed by atoms with Gasteiger partial charge in [-0.05, 0) is 38.0 Å². The monoisotopic (exact) mass is 191 g/mol. The molecule has 0 aromatic carbocycles. The normalized spacial score (nSPS) is 26.2. The molecule has 1 unspecified atom stereocenters. The van der Waals surface area contributed by atoms with Crippen molar-refractivity contribution in [3.8, 4) is 0 Å². The third kappa shape index (κ3) is 1.15. The molecule has 76 valence electrons. The fraction of sp³-hybridized carbons (Fsp3) is 0.727. The Kier molecular flexibility index (Phi) is 1.64. The summed E-state index contributed by atoms with van der Waals surface area (Å²) in [6, 6.07) is 0.621. The minimum Gasteiger partial charge on any atom is -0.384 e. The summed E-state index contributed by atoms with van der Waals surface area (Å²) in [6.45, 7) is 2.30. The molecule has 1 aromatic heterocycles. The molecule has 2 aliphatic carbocycles. The molecule has 0 amide bonds. The molecular weight excluding hydrogens is 174 g/mol. The van der Waals surface area contributed by atoms with Gasteiger partial charge in [-0.1, -0.05) is 6.92 Å². The zero-order valence-electron chi connectivity index (χ0n) is 8.66. The fourth-order valence-corrected chi connectivity index (χ4v) is 2.38. The Hall–Kier alpha value is -0.990. The van der Waals surface area contributed by atoms with Gasteiger partial charge in [-0.15, -0.1) is 0 Å². The van der Waals surface area contributed by atoms with E-state index in [1.165, 1.54) is 30.5 Å². The molecule has 2 N–H and O–H groups in total. The summed E-state index contributed by atoms with van der Waals surface area (Å²) in [5.74, 6) is 1.73. The van der Waals surface area contributed by atoms with E-state index in [0.717, 1.165) is 24.6 Å². The number of anilines is 1. The Bertz CT molecular complexity index is 363. The van der Waals surface area contributed by atoms with E-state index in [2.05, 4.69) is 16.7 Å². The summed E-state index contributed by atoms with van der Waals surface area (Å²) >= 11 is 0. The van der Waals surface area contributed by atoms with E-state index in [0.29, 0.717) is 6.04 Å². The predicted molar refractivity (Wildman–Crippen MR) is 56.1 cm³/mol. The summed E-state index contributed by atoms with van der Waals surface area (Å²) in [7, 11) is 0. The van der Waals surface area contributed by atoms with Crippen LogP contribution in [0.5, 0.6) is 0 Å². The van der Waals surface area contributed by atoms with Crippen LogP contribution in [0.1, 0.15) is 43.5 Å². The van der Waals surface area contributed by atoms with E-state index in [9.17, 15) is 0 Å². The van der Waals surface area contributed by atoms with Crippen LogP contribution >= 0.6 is 0 Å². The largest absolute Gasteiger partial charge is 0.384 e. The van der Waals surface area contributed by atoms with Gasteiger partial charge in [0.1, 0.15) is 5.82 Å². The van der Waals surface area contributed by atoms with Crippen LogP contribution in [0.15, 0.2) is 0 Å². The molecule has 0 aliphatic heterocycles. The first-order valence-electron chi connectivity index (χ1n) is 5.61. The van der Waals surface area contributed by atoms with Crippen LogP contribution in [0.3, 0.4) is 0 Å². The molecule has 0 bridgehead atoms. The maximum atomic E-state index is 6.13. The molecule has 2 aliphatic rings. The predicted octanol–water partition coefficient (Wildman–Crippen LogP) is 1.93. The quantitative estimate of drug-likeness (QED) is 0.737. The number of aryl methyl sites for hydroxylation is 1. The molecule has 3 nitrogen and oxygen atoms in total. The maximum Gasteiger partial charge on any atom is 0.125 e. The lowest BCUT2D eigenvalue weighted by Crippen LogP contribution is -2.11. The summed E-state index contributed by atoms with van der Waals surface area (Å²) in [5, 5.41) is 4.64. The number of aromatic nitrogens is 2. The van der Waals surface area contributed by atoms with Crippen LogP contribution in [-0.2, 0) is 12.8 Å². The lowest BCUT2D eigenvalue weighted by Gasteiger charge is -2.16. The third-order valence-corrected chi connectivity index (χ3v) is 3.45. The number of nitrogen functional groups attached to an aromatic ring is 1. The van der Waals surface area contributed by atoms with Crippen molar-refractivity contribution in [3.05, 3.63) is 11.3 Å². The van der Waals surface area contributed by atoms with Crippen molar-refractivity contribution in [2.24, 2.45) is 5.92 Å². The third-order valence-electron chi connectivity index (χ3n) is 3.45. The first-order valence-corrected chi connectivity index (χ1v) is 5.61. The number of nitrogens with two attached hydrogens (primary N) is 1. The second kappa shape index (κ2) is 2.75. The summed E-state index contributed by atoms with van der Waals surface area (Å²) in [6.07, 6.45) is 6.06. The first kappa shape index (κ1) is 8.33. The Balaban J connectivity index is 2.02. The number of rotatable bonds is 1. The van der Waals surface area contributed by atoms with Crippen LogP contribution in [0.25, 0.3) is 0 Å². The van der Waals surface area contributed by atoms with Crippen molar-refractivity contribution in [1.82, 2.24) is 9.78 Å². The van der Waals surface area contributed by atoms with Crippen LogP contribution in [0.4, 0.5) is 5.82 Å². The van der Waals surface area contributed by atoms with Crippen LogP contribution in [0.2, 0.25) is 0 Å². The Morgan fingerprint density at radius 1 is 1.36 bits per heavy atom. The summed E-state index contributed by atoms with van der Waals surface area (Å²) in [5.41, 5.74) is 8.74. The van der Waals surface area contributed by atoms with Crippen molar-refractivity contribution in [2.75, 3.05) is 5.73 Å². The Morgan fingerprint density at radius 3 is 2.86 bits per heavy atom. The molecule has 1 heterocycles. The highest BCUT2D eigenvalue weighted by Gasteiger charge is 2.30. The van der Waals surface area contributed by atoms with Crippen LogP contribution in [0, 0.1) is 5.92 Å². The lowest BCUT2D eigenvalue weighted by molar-refractivity contribution is 0.496. The Labute approximate surface area is 84.3 Å². The zero-order chi connectivity index (χ0) is 9.71. The highest BCUT2D eigenvalue weighted by Crippen LogP contribution is 2.39. The minimum atomic E-state index is 0.621. The molecule has 14 heavy (non-hydrogen) atoms. The van der Waals surface area contributed by atoms with E-state index in [1.807, 2.05) is 0 Å².